The molecule has 2 aromatic rings. The Hall–Kier alpha value is -1.67. The second-order valence-corrected chi connectivity index (χ2v) is 5.86. The summed E-state index contributed by atoms with van der Waals surface area (Å²) in [6.07, 6.45) is 4.49. The summed E-state index contributed by atoms with van der Waals surface area (Å²) in [5.74, 6) is -0.127. The normalized spacial score (nSPS) is 23.0. The van der Waals surface area contributed by atoms with Crippen LogP contribution >= 0.6 is 15.9 Å². The van der Waals surface area contributed by atoms with Crippen LogP contribution in [0.25, 0.3) is 0 Å². The fourth-order valence-corrected chi connectivity index (χ4v) is 2.85. The number of piperidine rings is 1. The highest BCUT2D eigenvalue weighted by Crippen LogP contribution is 2.30. The van der Waals surface area contributed by atoms with Gasteiger partial charge in [0.05, 0.1) is 12.7 Å². The van der Waals surface area contributed by atoms with Gasteiger partial charge in [0.15, 0.2) is 0 Å². The van der Waals surface area contributed by atoms with Gasteiger partial charge in [0.25, 0.3) is 5.91 Å². The number of rotatable bonds is 2. The van der Waals surface area contributed by atoms with E-state index in [-0.39, 0.29) is 12.5 Å². The molecule has 2 aromatic heterocycles. The van der Waals surface area contributed by atoms with Crippen molar-refractivity contribution in [2.24, 2.45) is 0 Å². The first kappa shape index (κ1) is 13.3. The Morgan fingerprint density at radius 3 is 3.05 bits per heavy atom. The molecule has 0 aromatic carbocycles. The van der Waals surface area contributed by atoms with Crippen LogP contribution in [-0.2, 0) is 5.60 Å². The highest BCUT2D eigenvalue weighted by atomic mass is 79.9. The van der Waals surface area contributed by atoms with Crippen molar-refractivity contribution in [1.29, 1.82) is 0 Å². The Balaban J connectivity index is 1.80. The lowest BCUT2D eigenvalue weighted by molar-refractivity contribution is -0.0321. The van der Waals surface area contributed by atoms with E-state index in [9.17, 15) is 9.90 Å². The lowest BCUT2D eigenvalue weighted by atomic mass is 9.90. The topological polar surface area (TPSA) is 97.9 Å². The molecule has 7 nitrogen and oxygen atoms in total. The number of likely N-dealkylation sites (tertiary alicyclic amines) is 1. The van der Waals surface area contributed by atoms with Crippen molar-refractivity contribution >= 4 is 21.8 Å². The van der Waals surface area contributed by atoms with E-state index in [1.807, 2.05) is 0 Å². The number of nitrogens with one attached hydrogen (secondary N) is 2. The van der Waals surface area contributed by atoms with Gasteiger partial charge in [-0.05, 0) is 34.8 Å². The number of carbonyl (C=O) groups excluding carboxylic acids is 1. The van der Waals surface area contributed by atoms with Gasteiger partial charge in [-0.25, -0.2) is 0 Å². The predicted octanol–water partition coefficient (Wildman–Crippen LogP) is 1.02. The number of aromatic nitrogens is 4. The number of aromatic amines is 2. The number of hydrogen-bond acceptors (Lipinski definition) is 4. The van der Waals surface area contributed by atoms with E-state index in [0.717, 1.165) is 10.9 Å². The van der Waals surface area contributed by atoms with E-state index in [0.29, 0.717) is 24.4 Å². The maximum absolute atomic E-state index is 12.4. The Labute approximate surface area is 123 Å². The van der Waals surface area contributed by atoms with Crippen LogP contribution < -0.4 is 0 Å². The van der Waals surface area contributed by atoms with Crippen molar-refractivity contribution < 1.29 is 9.90 Å². The quantitative estimate of drug-likeness (QED) is 0.760. The summed E-state index contributed by atoms with van der Waals surface area (Å²) in [5.41, 5.74) is -0.158. The average Bonchev–Trinajstić information content (AvgIpc) is 3.09. The van der Waals surface area contributed by atoms with Gasteiger partial charge in [-0.1, -0.05) is 0 Å². The van der Waals surface area contributed by atoms with Crippen molar-refractivity contribution in [2.45, 2.75) is 18.4 Å². The molecule has 3 heterocycles. The molecule has 1 unspecified atom stereocenters. The van der Waals surface area contributed by atoms with Crippen molar-refractivity contribution in [3.05, 3.63) is 34.3 Å². The number of halogens is 1. The summed E-state index contributed by atoms with van der Waals surface area (Å²) in [4.78, 5) is 16.9. The van der Waals surface area contributed by atoms with E-state index in [1.54, 1.807) is 17.2 Å². The van der Waals surface area contributed by atoms with Gasteiger partial charge in [0.1, 0.15) is 17.0 Å². The maximum atomic E-state index is 12.4. The molecule has 106 valence electrons. The molecule has 1 saturated heterocycles. The molecule has 20 heavy (non-hydrogen) atoms. The first-order chi connectivity index (χ1) is 9.58. The number of aliphatic hydroxyl groups is 1. The van der Waals surface area contributed by atoms with Gasteiger partial charge in [-0.2, -0.15) is 15.4 Å². The van der Waals surface area contributed by atoms with Crippen LogP contribution in [0, 0.1) is 0 Å². The minimum absolute atomic E-state index is 0.127. The zero-order chi connectivity index (χ0) is 14.2. The Kier molecular flexibility index (Phi) is 3.35. The molecule has 0 saturated carbocycles. The van der Waals surface area contributed by atoms with Gasteiger partial charge in [0, 0.05) is 17.2 Å². The first-order valence-corrected chi connectivity index (χ1v) is 7.10. The monoisotopic (exact) mass is 339 g/mol. The van der Waals surface area contributed by atoms with Gasteiger partial charge in [0.2, 0.25) is 0 Å². The second-order valence-electron chi connectivity index (χ2n) is 4.95. The first-order valence-electron chi connectivity index (χ1n) is 6.30. The van der Waals surface area contributed by atoms with Crippen molar-refractivity contribution in [3.63, 3.8) is 0 Å². The minimum Gasteiger partial charge on any atom is -0.382 e. The third-order valence-corrected chi connectivity index (χ3v) is 3.99. The molecule has 0 radical (unpaired) electrons. The summed E-state index contributed by atoms with van der Waals surface area (Å²) in [6.45, 7) is 0.838. The molecule has 1 fully saturated rings. The summed E-state index contributed by atoms with van der Waals surface area (Å²) in [7, 11) is 0. The van der Waals surface area contributed by atoms with Crippen LogP contribution in [0.15, 0.2) is 22.9 Å². The SMILES string of the molecule is O=C(c1cc(Br)c[nH]1)N1CCCC(O)(c2cn[nH]n2)C1. The van der Waals surface area contributed by atoms with Crippen molar-refractivity contribution in [3.8, 4) is 0 Å². The number of amides is 1. The van der Waals surface area contributed by atoms with Crippen LogP contribution in [-0.4, -0.2) is 49.4 Å². The number of H-pyrrole nitrogens is 2. The van der Waals surface area contributed by atoms with Gasteiger partial charge in [-0.15, -0.1) is 0 Å². The Morgan fingerprint density at radius 2 is 2.40 bits per heavy atom. The highest BCUT2D eigenvalue weighted by Gasteiger charge is 2.39. The van der Waals surface area contributed by atoms with Crippen LogP contribution in [0.5, 0.6) is 0 Å². The van der Waals surface area contributed by atoms with E-state index < -0.39 is 5.60 Å². The molecule has 1 amide bonds. The number of carbonyl (C=O) groups is 1. The maximum Gasteiger partial charge on any atom is 0.270 e. The Morgan fingerprint density at radius 1 is 1.55 bits per heavy atom. The zero-order valence-corrected chi connectivity index (χ0v) is 12.2. The molecule has 0 bridgehead atoms. The third-order valence-electron chi connectivity index (χ3n) is 3.53. The summed E-state index contributed by atoms with van der Waals surface area (Å²) in [5, 5.41) is 20.8. The molecule has 0 aliphatic carbocycles. The lowest BCUT2D eigenvalue weighted by Gasteiger charge is -2.37. The number of β-amino-alcohol motifs (C(OH)–C–C–N with tert-alkyl or cyclic N) is 1. The molecule has 1 aliphatic rings. The smallest absolute Gasteiger partial charge is 0.270 e. The third kappa shape index (κ3) is 2.36. The Bertz CT molecular complexity index is 611. The average molecular weight is 340 g/mol. The fourth-order valence-electron chi connectivity index (χ4n) is 2.51. The molecule has 8 heteroatoms. The largest absolute Gasteiger partial charge is 0.382 e. The molecule has 1 atom stereocenters. The predicted molar refractivity (Wildman–Crippen MR) is 73.9 cm³/mol. The van der Waals surface area contributed by atoms with Crippen molar-refractivity contribution in [2.75, 3.05) is 13.1 Å². The van der Waals surface area contributed by atoms with Gasteiger partial charge >= 0.3 is 0 Å². The standard InChI is InChI=1S/C12H14BrN5O2/c13-8-4-9(14-5-8)11(19)18-3-1-2-12(20,7-18)10-6-15-17-16-10/h4-6,14,20H,1-3,7H2,(H,15,16,17). The molecule has 0 spiro atoms. The summed E-state index contributed by atoms with van der Waals surface area (Å²) in [6, 6.07) is 1.73. The fraction of sp³-hybridized carbons (Fsp3) is 0.417. The van der Waals surface area contributed by atoms with Crippen LogP contribution in [0.1, 0.15) is 29.0 Å². The lowest BCUT2D eigenvalue weighted by Crippen LogP contribution is -2.48. The van der Waals surface area contributed by atoms with E-state index >= 15 is 0 Å². The van der Waals surface area contributed by atoms with Crippen LogP contribution in [0.2, 0.25) is 0 Å². The molecule has 1 aliphatic heterocycles. The second kappa shape index (κ2) is 5.02. The van der Waals surface area contributed by atoms with E-state index in [2.05, 4.69) is 36.3 Å². The van der Waals surface area contributed by atoms with Gasteiger partial charge in [-0.3, -0.25) is 4.79 Å². The minimum atomic E-state index is -1.13. The number of hydrogen-bond donors (Lipinski definition) is 3. The van der Waals surface area contributed by atoms with Crippen LogP contribution in [0.4, 0.5) is 0 Å². The van der Waals surface area contributed by atoms with Gasteiger partial charge < -0.3 is 15.0 Å². The van der Waals surface area contributed by atoms with E-state index in [4.69, 9.17) is 0 Å². The molecule has 3 rings (SSSR count). The van der Waals surface area contributed by atoms with E-state index in [1.165, 1.54) is 6.20 Å². The summed E-state index contributed by atoms with van der Waals surface area (Å²) < 4.78 is 0.824. The molecule has 3 N–H and O–H groups in total. The number of nitrogens with zero attached hydrogens (tertiary/aromatic N) is 3. The zero-order valence-electron chi connectivity index (χ0n) is 10.6. The summed E-state index contributed by atoms with van der Waals surface area (Å²) >= 11 is 3.30. The molecular weight excluding hydrogens is 326 g/mol. The molecular formula is C12H14BrN5O2. The highest BCUT2D eigenvalue weighted by molar-refractivity contribution is 9.10. The van der Waals surface area contributed by atoms with Crippen LogP contribution in [0.3, 0.4) is 0 Å². The van der Waals surface area contributed by atoms with Crippen molar-refractivity contribution in [1.82, 2.24) is 25.3 Å².